The summed E-state index contributed by atoms with van der Waals surface area (Å²) in [7, 11) is 1.77. The number of hydrogen-bond donors (Lipinski definition) is 2. The Labute approximate surface area is 169 Å². The van der Waals surface area contributed by atoms with Crippen molar-refractivity contribution in [3.8, 4) is 0 Å². The Morgan fingerprint density at radius 2 is 1.86 bits per heavy atom. The van der Waals surface area contributed by atoms with Crippen LogP contribution in [0.5, 0.6) is 0 Å². The van der Waals surface area contributed by atoms with Gasteiger partial charge in [-0.05, 0) is 30.5 Å². The zero-order valence-corrected chi connectivity index (χ0v) is 16.5. The number of amides is 2. The Bertz CT molecular complexity index is 1050. The van der Waals surface area contributed by atoms with Gasteiger partial charge in [0.15, 0.2) is 5.82 Å². The molecule has 148 valence electrons. The molecule has 0 bridgehead atoms. The van der Waals surface area contributed by atoms with E-state index in [-0.39, 0.29) is 24.8 Å². The molecule has 29 heavy (non-hydrogen) atoms. The first-order chi connectivity index (χ1) is 14.0. The van der Waals surface area contributed by atoms with Crippen molar-refractivity contribution in [2.75, 3.05) is 11.9 Å². The maximum atomic E-state index is 13.4. The van der Waals surface area contributed by atoms with Crippen LogP contribution in [0.1, 0.15) is 29.2 Å². The molecule has 0 saturated heterocycles. The van der Waals surface area contributed by atoms with Crippen LogP contribution in [0.3, 0.4) is 0 Å². The molecule has 1 aromatic heterocycles. The van der Waals surface area contributed by atoms with Gasteiger partial charge in [-0.3, -0.25) is 14.7 Å². The Morgan fingerprint density at radius 1 is 1.14 bits per heavy atom. The number of rotatable bonds is 6. The summed E-state index contributed by atoms with van der Waals surface area (Å²) >= 11 is 0. The summed E-state index contributed by atoms with van der Waals surface area (Å²) in [6, 6.07) is 17.5. The van der Waals surface area contributed by atoms with Crippen LogP contribution >= 0.6 is 0 Å². The van der Waals surface area contributed by atoms with E-state index in [0.29, 0.717) is 18.1 Å². The van der Waals surface area contributed by atoms with E-state index in [1.54, 1.807) is 18.9 Å². The van der Waals surface area contributed by atoms with E-state index in [2.05, 4.69) is 20.5 Å². The third-order valence-electron chi connectivity index (χ3n) is 5.39. The molecule has 0 spiro atoms. The highest BCUT2D eigenvalue weighted by atomic mass is 16.2. The van der Waals surface area contributed by atoms with Crippen molar-refractivity contribution in [1.82, 2.24) is 20.5 Å². The van der Waals surface area contributed by atoms with Crippen molar-refractivity contribution in [3.05, 3.63) is 77.4 Å². The Balaban J connectivity index is 1.64. The van der Waals surface area contributed by atoms with E-state index in [9.17, 15) is 9.59 Å². The fourth-order valence-electron chi connectivity index (χ4n) is 4.05. The molecule has 2 aromatic carbocycles. The summed E-state index contributed by atoms with van der Waals surface area (Å²) in [6.07, 6.45) is 0.521. The molecule has 7 nitrogen and oxygen atoms in total. The molecule has 1 aliphatic heterocycles. The van der Waals surface area contributed by atoms with Crippen LogP contribution in [0.25, 0.3) is 0 Å². The number of H-pyrrole nitrogens is 1. The lowest BCUT2D eigenvalue weighted by Gasteiger charge is -2.28. The molecule has 0 saturated carbocycles. The van der Waals surface area contributed by atoms with E-state index in [1.807, 2.05) is 54.6 Å². The van der Waals surface area contributed by atoms with Gasteiger partial charge in [0.25, 0.3) is 0 Å². The van der Waals surface area contributed by atoms with Gasteiger partial charge in [-0.2, -0.15) is 5.10 Å². The number of anilines is 1. The predicted octanol–water partition coefficient (Wildman–Crippen LogP) is 2.28. The van der Waals surface area contributed by atoms with Gasteiger partial charge in [0.05, 0.1) is 12.0 Å². The maximum Gasteiger partial charge on any atom is 0.238 e. The summed E-state index contributed by atoms with van der Waals surface area (Å²) in [5.74, 6) is 0.938. The van der Waals surface area contributed by atoms with Gasteiger partial charge >= 0.3 is 0 Å². The highest BCUT2D eigenvalue weighted by molar-refractivity contribution is 6.09. The zero-order valence-electron chi connectivity index (χ0n) is 16.5. The van der Waals surface area contributed by atoms with Crippen molar-refractivity contribution >= 4 is 17.5 Å². The lowest BCUT2D eigenvalue weighted by molar-refractivity contribution is -0.129. The quantitative estimate of drug-likeness (QED) is 0.677. The minimum atomic E-state index is -0.939. The van der Waals surface area contributed by atoms with Crippen LogP contribution in [0.4, 0.5) is 5.69 Å². The molecule has 2 amide bonds. The number of nitrogens with zero attached hydrogens (tertiary/aromatic N) is 3. The molecule has 4 rings (SSSR count). The number of aromatic nitrogens is 3. The number of aryl methyl sites for hydroxylation is 1. The molecule has 1 atom stereocenters. The van der Waals surface area contributed by atoms with Crippen molar-refractivity contribution in [1.29, 1.82) is 0 Å². The molecule has 1 unspecified atom stereocenters. The van der Waals surface area contributed by atoms with E-state index in [0.717, 1.165) is 16.8 Å². The van der Waals surface area contributed by atoms with Gasteiger partial charge in [0, 0.05) is 19.2 Å². The molecular weight excluding hydrogens is 366 g/mol. The summed E-state index contributed by atoms with van der Waals surface area (Å²) in [5, 5.41) is 9.66. The molecule has 2 heterocycles. The number of fused-ring (bicyclic) bond motifs is 1. The molecule has 7 heteroatoms. The molecule has 0 radical (unpaired) electrons. The SMILES string of the molecule is Cc1nc(CNC(=O)CC2(Cc3ccccc3)C(=O)N(C)c3ccccc32)n[nH]1. The summed E-state index contributed by atoms with van der Waals surface area (Å²) in [6.45, 7) is 2.02. The van der Waals surface area contributed by atoms with E-state index in [4.69, 9.17) is 0 Å². The molecular formula is C22H23N5O2. The van der Waals surface area contributed by atoms with Gasteiger partial charge in [0.2, 0.25) is 11.8 Å². The first-order valence-electron chi connectivity index (χ1n) is 9.56. The second-order valence-electron chi connectivity index (χ2n) is 7.42. The Morgan fingerprint density at radius 3 is 2.59 bits per heavy atom. The van der Waals surface area contributed by atoms with Gasteiger partial charge in [-0.15, -0.1) is 0 Å². The Kier molecular flexibility index (Phi) is 4.88. The first kappa shape index (κ1) is 18.9. The van der Waals surface area contributed by atoms with Crippen molar-refractivity contribution in [2.24, 2.45) is 0 Å². The second kappa shape index (κ2) is 7.50. The van der Waals surface area contributed by atoms with Gasteiger partial charge in [-0.25, -0.2) is 4.98 Å². The average molecular weight is 389 g/mol. The normalized spacial score (nSPS) is 18.0. The van der Waals surface area contributed by atoms with Crippen molar-refractivity contribution < 1.29 is 9.59 Å². The van der Waals surface area contributed by atoms with Crippen LogP contribution < -0.4 is 10.2 Å². The monoisotopic (exact) mass is 389 g/mol. The third kappa shape index (κ3) is 3.51. The smallest absolute Gasteiger partial charge is 0.238 e. The predicted molar refractivity (Wildman–Crippen MR) is 109 cm³/mol. The number of carbonyl (C=O) groups excluding carboxylic acids is 2. The zero-order chi connectivity index (χ0) is 20.4. The average Bonchev–Trinajstić information content (AvgIpc) is 3.23. The number of aromatic amines is 1. The highest BCUT2D eigenvalue weighted by Crippen LogP contribution is 2.45. The van der Waals surface area contributed by atoms with Crippen LogP contribution in [-0.2, 0) is 28.0 Å². The lowest BCUT2D eigenvalue weighted by Crippen LogP contribution is -2.44. The number of hydrogen-bond acceptors (Lipinski definition) is 4. The molecule has 0 fully saturated rings. The minimum Gasteiger partial charge on any atom is -0.349 e. The topological polar surface area (TPSA) is 91.0 Å². The fraction of sp³-hybridized carbons (Fsp3) is 0.273. The molecule has 0 aliphatic carbocycles. The lowest BCUT2D eigenvalue weighted by atomic mass is 9.73. The number of para-hydroxylation sites is 1. The van der Waals surface area contributed by atoms with Crippen LogP contribution in [-0.4, -0.2) is 34.0 Å². The van der Waals surface area contributed by atoms with Crippen molar-refractivity contribution in [3.63, 3.8) is 0 Å². The first-order valence-corrected chi connectivity index (χ1v) is 9.56. The van der Waals surface area contributed by atoms with Crippen molar-refractivity contribution in [2.45, 2.75) is 31.7 Å². The maximum absolute atomic E-state index is 13.4. The molecule has 2 N–H and O–H groups in total. The van der Waals surface area contributed by atoms with Crippen LogP contribution in [0.15, 0.2) is 54.6 Å². The van der Waals surface area contributed by atoms with Gasteiger partial charge in [0.1, 0.15) is 5.82 Å². The van der Waals surface area contributed by atoms with Crippen LogP contribution in [0, 0.1) is 6.92 Å². The molecule has 3 aromatic rings. The summed E-state index contributed by atoms with van der Waals surface area (Å²) in [5.41, 5.74) is 1.82. The third-order valence-corrected chi connectivity index (χ3v) is 5.39. The minimum absolute atomic E-state index is 0.0610. The number of carbonyl (C=O) groups is 2. The summed E-state index contributed by atoms with van der Waals surface area (Å²) < 4.78 is 0. The van der Waals surface area contributed by atoms with Crippen LogP contribution in [0.2, 0.25) is 0 Å². The number of benzene rings is 2. The van der Waals surface area contributed by atoms with E-state index in [1.165, 1.54) is 0 Å². The highest BCUT2D eigenvalue weighted by Gasteiger charge is 2.50. The largest absolute Gasteiger partial charge is 0.349 e. The standard InChI is InChI=1S/C22H23N5O2/c1-15-24-19(26-25-15)14-23-20(28)13-22(12-16-8-4-3-5-9-16)17-10-6-7-11-18(17)27(2)21(22)29/h3-11H,12-14H2,1-2H3,(H,23,28)(H,24,25,26). The number of likely N-dealkylation sites (N-methyl/N-ethyl adjacent to an activating group) is 1. The van der Waals surface area contributed by atoms with Gasteiger partial charge < -0.3 is 10.2 Å². The summed E-state index contributed by atoms with van der Waals surface area (Å²) in [4.78, 5) is 32.2. The Hall–Kier alpha value is -3.48. The molecule has 1 aliphatic rings. The number of nitrogens with one attached hydrogen (secondary N) is 2. The second-order valence-corrected chi connectivity index (χ2v) is 7.42. The van der Waals surface area contributed by atoms with E-state index >= 15 is 0 Å². The van der Waals surface area contributed by atoms with E-state index < -0.39 is 5.41 Å². The van der Waals surface area contributed by atoms with Gasteiger partial charge in [-0.1, -0.05) is 48.5 Å². The fourth-order valence-corrected chi connectivity index (χ4v) is 4.05.